The number of hydrogen-bond donors (Lipinski definition) is 2. The molecule has 0 saturated carbocycles. The Balaban J connectivity index is 2.16. The number of amides is 2. The van der Waals surface area contributed by atoms with E-state index in [9.17, 15) is 9.59 Å². The second-order valence-electron chi connectivity index (χ2n) is 4.06. The molecule has 0 saturated heterocycles. The van der Waals surface area contributed by atoms with Crippen LogP contribution in [0.1, 0.15) is 12.5 Å². The fourth-order valence-corrected chi connectivity index (χ4v) is 2.03. The third-order valence-corrected chi connectivity index (χ3v) is 2.82. The van der Waals surface area contributed by atoms with Gasteiger partial charge in [-0.05, 0) is 18.1 Å². The van der Waals surface area contributed by atoms with E-state index >= 15 is 0 Å². The number of carbonyl (C=O) groups excluding carboxylic acids is 2. The van der Waals surface area contributed by atoms with Gasteiger partial charge in [0.1, 0.15) is 0 Å². The Labute approximate surface area is 99.6 Å². The maximum absolute atomic E-state index is 11.9. The quantitative estimate of drug-likeness (QED) is 0.721. The number of para-hydroxylation sites is 1. The molecule has 0 unspecified atom stereocenters. The molecule has 0 radical (unpaired) electrons. The first kappa shape index (κ1) is 11.4. The van der Waals surface area contributed by atoms with Gasteiger partial charge in [0, 0.05) is 13.5 Å². The van der Waals surface area contributed by atoms with Crippen LogP contribution in [0.3, 0.4) is 0 Å². The van der Waals surface area contributed by atoms with Crippen LogP contribution < -0.4 is 16.0 Å². The predicted molar refractivity (Wildman–Crippen MR) is 65.6 cm³/mol. The lowest BCUT2D eigenvalue weighted by molar-refractivity contribution is -0.123. The number of anilines is 2. The summed E-state index contributed by atoms with van der Waals surface area (Å²) in [6.45, 7) is 2.03. The zero-order valence-electron chi connectivity index (χ0n) is 9.69. The summed E-state index contributed by atoms with van der Waals surface area (Å²) >= 11 is 0. The van der Waals surface area contributed by atoms with Gasteiger partial charge in [0.25, 0.3) is 0 Å². The molecule has 1 aliphatic heterocycles. The number of nitrogens with zero attached hydrogens (tertiary/aromatic N) is 1. The lowest BCUT2D eigenvalue weighted by Crippen LogP contribution is -2.38. The van der Waals surface area contributed by atoms with Gasteiger partial charge in [-0.2, -0.15) is 0 Å². The maximum Gasteiger partial charge on any atom is 0.246 e. The van der Waals surface area contributed by atoms with Crippen molar-refractivity contribution in [3.05, 3.63) is 23.8 Å². The van der Waals surface area contributed by atoms with E-state index in [1.807, 2.05) is 12.1 Å². The average Bonchev–Trinajstić information content (AvgIpc) is 2.71. The molecule has 0 fully saturated rings. The Hall–Kier alpha value is -2.04. The predicted octanol–water partition coefficient (Wildman–Crippen LogP) is 0.294. The highest BCUT2D eigenvalue weighted by Crippen LogP contribution is 2.33. The first-order chi connectivity index (χ1) is 8.09. The highest BCUT2D eigenvalue weighted by Gasteiger charge is 2.26. The van der Waals surface area contributed by atoms with E-state index in [1.165, 1.54) is 6.92 Å². The molecule has 17 heavy (non-hydrogen) atoms. The molecule has 0 bridgehead atoms. The standard InChI is InChI=1S/C12H15N3O2/c1-8(16)14-7-11(17)15-6-5-9-3-2-4-10(13)12(9)15/h2-4H,5-7,13H2,1H3,(H,14,16). The zero-order valence-corrected chi connectivity index (χ0v) is 9.69. The van der Waals surface area contributed by atoms with Crippen molar-refractivity contribution in [3.63, 3.8) is 0 Å². The Morgan fingerprint density at radius 2 is 2.24 bits per heavy atom. The molecule has 0 aliphatic carbocycles. The number of benzene rings is 1. The normalized spacial score (nSPS) is 13.4. The van der Waals surface area contributed by atoms with Crippen LogP contribution >= 0.6 is 0 Å². The van der Waals surface area contributed by atoms with Crippen molar-refractivity contribution in [2.75, 3.05) is 23.7 Å². The van der Waals surface area contributed by atoms with E-state index in [0.29, 0.717) is 12.2 Å². The van der Waals surface area contributed by atoms with Gasteiger partial charge in [0.2, 0.25) is 11.8 Å². The molecule has 5 nitrogen and oxygen atoms in total. The van der Waals surface area contributed by atoms with Gasteiger partial charge in [0.15, 0.2) is 0 Å². The summed E-state index contributed by atoms with van der Waals surface area (Å²) in [6, 6.07) is 5.64. The van der Waals surface area contributed by atoms with Crippen LogP contribution in [-0.2, 0) is 16.0 Å². The Morgan fingerprint density at radius 1 is 1.47 bits per heavy atom. The topological polar surface area (TPSA) is 75.4 Å². The molecule has 5 heteroatoms. The molecule has 1 aliphatic rings. The minimum Gasteiger partial charge on any atom is -0.397 e. The molecule has 3 N–H and O–H groups in total. The van der Waals surface area contributed by atoms with Crippen molar-refractivity contribution >= 4 is 23.2 Å². The molecule has 1 heterocycles. The Bertz CT molecular complexity index is 471. The number of hydrogen-bond acceptors (Lipinski definition) is 3. The molecular formula is C12H15N3O2. The SMILES string of the molecule is CC(=O)NCC(=O)N1CCc2cccc(N)c21. The van der Waals surface area contributed by atoms with Crippen molar-refractivity contribution in [3.8, 4) is 0 Å². The van der Waals surface area contributed by atoms with E-state index in [-0.39, 0.29) is 18.4 Å². The molecule has 0 atom stereocenters. The third-order valence-electron chi connectivity index (χ3n) is 2.82. The summed E-state index contributed by atoms with van der Waals surface area (Å²) in [7, 11) is 0. The van der Waals surface area contributed by atoms with Gasteiger partial charge in [0.05, 0.1) is 17.9 Å². The molecule has 1 aromatic carbocycles. The molecule has 2 amide bonds. The largest absolute Gasteiger partial charge is 0.397 e. The fraction of sp³-hybridized carbons (Fsp3) is 0.333. The van der Waals surface area contributed by atoms with Gasteiger partial charge < -0.3 is 16.0 Å². The van der Waals surface area contributed by atoms with E-state index in [0.717, 1.165) is 17.7 Å². The molecule has 2 rings (SSSR count). The molecule has 0 aromatic heterocycles. The number of nitrogen functional groups attached to an aromatic ring is 1. The minimum absolute atomic E-state index is 0.0170. The molecule has 1 aromatic rings. The number of nitrogens with two attached hydrogens (primary N) is 1. The van der Waals surface area contributed by atoms with E-state index < -0.39 is 0 Å². The summed E-state index contributed by atoms with van der Waals surface area (Å²) in [5.41, 5.74) is 8.36. The van der Waals surface area contributed by atoms with Crippen LogP contribution in [0.15, 0.2) is 18.2 Å². The first-order valence-corrected chi connectivity index (χ1v) is 5.52. The van der Waals surface area contributed by atoms with Crippen LogP contribution in [0.5, 0.6) is 0 Å². The van der Waals surface area contributed by atoms with Gasteiger partial charge in [-0.3, -0.25) is 9.59 Å². The summed E-state index contributed by atoms with van der Waals surface area (Å²) in [5.74, 6) is -0.337. The van der Waals surface area contributed by atoms with Crippen molar-refractivity contribution in [1.82, 2.24) is 5.32 Å². The molecule has 90 valence electrons. The lowest BCUT2D eigenvalue weighted by Gasteiger charge is -2.18. The Morgan fingerprint density at radius 3 is 2.94 bits per heavy atom. The summed E-state index contributed by atoms with van der Waals surface area (Å²) in [6.07, 6.45) is 0.812. The second-order valence-corrected chi connectivity index (χ2v) is 4.06. The van der Waals surface area contributed by atoms with Crippen molar-refractivity contribution in [2.24, 2.45) is 0 Å². The molecular weight excluding hydrogens is 218 g/mol. The van der Waals surface area contributed by atoms with Crippen LogP contribution in [0.4, 0.5) is 11.4 Å². The van der Waals surface area contributed by atoms with E-state index in [2.05, 4.69) is 5.32 Å². The maximum atomic E-state index is 11.9. The number of rotatable bonds is 2. The minimum atomic E-state index is -0.209. The van der Waals surface area contributed by atoms with Crippen molar-refractivity contribution in [2.45, 2.75) is 13.3 Å². The van der Waals surface area contributed by atoms with Gasteiger partial charge in [-0.15, -0.1) is 0 Å². The highest BCUT2D eigenvalue weighted by atomic mass is 16.2. The van der Waals surface area contributed by atoms with Gasteiger partial charge >= 0.3 is 0 Å². The first-order valence-electron chi connectivity index (χ1n) is 5.52. The third kappa shape index (κ3) is 2.22. The van der Waals surface area contributed by atoms with Gasteiger partial charge in [-0.25, -0.2) is 0 Å². The Kier molecular flexibility index (Phi) is 2.99. The van der Waals surface area contributed by atoms with Crippen LogP contribution in [0.25, 0.3) is 0 Å². The lowest BCUT2D eigenvalue weighted by atomic mass is 10.1. The fourth-order valence-electron chi connectivity index (χ4n) is 2.03. The van der Waals surface area contributed by atoms with Crippen molar-refractivity contribution in [1.29, 1.82) is 0 Å². The smallest absolute Gasteiger partial charge is 0.246 e. The van der Waals surface area contributed by atoms with Crippen LogP contribution in [-0.4, -0.2) is 24.9 Å². The van der Waals surface area contributed by atoms with Gasteiger partial charge in [-0.1, -0.05) is 12.1 Å². The average molecular weight is 233 g/mol. The zero-order chi connectivity index (χ0) is 12.4. The number of nitrogens with one attached hydrogen (secondary N) is 1. The van der Waals surface area contributed by atoms with E-state index in [1.54, 1.807) is 11.0 Å². The number of carbonyl (C=O) groups is 2. The summed E-state index contributed by atoms with van der Waals surface area (Å²) < 4.78 is 0. The summed E-state index contributed by atoms with van der Waals surface area (Å²) in [4.78, 5) is 24.3. The molecule has 0 spiro atoms. The second kappa shape index (κ2) is 4.45. The number of fused-ring (bicyclic) bond motifs is 1. The van der Waals surface area contributed by atoms with Crippen LogP contribution in [0, 0.1) is 0 Å². The highest BCUT2D eigenvalue weighted by molar-refractivity contribution is 6.01. The summed E-state index contributed by atoms with van der Waals surface area (Å²) in [5, 5.41) is 2.50. The van der Waals surface area contributed by atoms with Crippen LogP contribution in [0.2, 0.25) is 0 Å². The monoisotopic (exact) mass is 233 g/mol. The van der Waals surface area contributed by atoms with E-state index in [4.69, 9.17) is 5.73 Å². The van der Waals surface area contributed by atoms with Crippen molar-refractivity contribution < 1.29 is 9.59 Å².